The maximum Gasteiger partial charge on any atom is 0.111 e. The highest BCUT2D eigenvalue weighted by atomic mass is 15.2. The number of piperidine rings is 1. The zero-order chi connectivity index (χ0) is 9.80. The summed E-state index contributed by atoms with van der Waals surface area (Å²) in [6, 6.07) is 0. The van der Waals surface area contributed by atoms with Crippen molar-refractivity contribution in [2.45, 2.75) is 26.2 Å². The molecule has 0 aromatic rings. The lowest BCUT2D eigenvalue weighted by atomic mass is 10.0. The van der Waals surface area contributed by atoms with Crippen molar-refractivity contribution in [3.05, 3.63) is 0 Å². The van der Waals surface area contributed by atoms with Crippen LogP contribution in [0.5, 0.6) is 0 Å². The molecule has 0 bridgehead atoms. The number of nitrogens with zero attached hydrogens (tertiary/aromatic N) is 2. The summed E-state index contributed by atoms with van der Waals surface area (Å²) in [5.74, 6) is 2.08. The number of nitrogens with one attached hydrogen (secondary N) is 1. The molecule has 3 nitrogen and oxygen atoms in total. The molecule has 0 aromatic heterocycles. The van der Waals surface area contributed by atoms with Gasteiger partial charge in [-0.2, -0.15) is 0 Å². The Hall–Kier alpha value is -0.570. The standard InChI is InChI=1S/C11H21N3/c1-10-4-2-7-14(8-10)9-11-12-5-3-6-13-11/h10H,2-9H2,1H3,(H,12,13). The molecule has 0 aromatic carbocycles. The van der Waals surface area contributed by atoms with Crippen molar-refractivity contribution >= 4 is 5.84 Å². The maximum atomic E-state index is 4.51. The molecular formula is C11H21N3. The minimum absolute atomic E-state index is 0.868. The molecule has 1 saturated heterocycles. The van der Waals surface area contributed by atoms with Gasteiger partial charge >= 0.3 is 0 Å². The highest BCUT2D eigenvalue weighted by molar-refractivity contribution is 5.84. The van der Waals surface area contributed by atoms with Gasteiger partial charge in [-0.15, -0.1) is 0 Å². The normalized spacial score (nSPS) is 29.5. The van der Waals surface area contributed by atoms with E-state index in [9.17, 15) is 0 Å². The second kappa shape index (κ2) is 4.78. The lowest BCUT2D eigenvalue weighted by molar-refractivity contribution is 0.205. The van der Waals surface area contributed by atoms with Gasteiger partial charge in [-0.3, -0.25) is 9.89 Å². The third-order valence-corrected chi connectivity index (χ3v) is 3.08. The molecule has 0 aliphatic carbocycles. The summed E-state index contributed by atoms with van der Waals surface area (Å²) in [5.41, 5.74) is 0. The van der Waals surface area contributed by atoms with Crippen LogP contribution in [0.25, 0.3) is 0 Å². The van der Waals surface area contributed by atoms with Crippen LogP contribution in [0.15, 0.2) is 4.99 Å². The minimum atomic E-state index is 0.868. The van der Waals surface area contributed by atoms with Crippen molar-refractivity contribution in [2.75, 3.05) is 32.7 Å². The van der Waals surface area contributed by atoms with Crippen LogP contribution < -0.4 is 5.32 Å². The molecular weight excluding hydrogens is 174 g/mol. The quantitative estimate of drug-likeness (QED) is 0.715. The average molecular weight is 195 g/mol. The van der Waals surface area contributed by atoms with Gasteiger partial charge in [-0.1, -0.05) is 6.92 Å². The molecule has 0 amide bonds. The summed E-state index contributed by atoms with van der Waals surface area (Å²) in [7, 11) is 0. The van der Waals surface area contributed by atoms with E-state index in [0.29, 0.717) is 0 Å². The van der Waals surface area contributed by atoms with Gasteiger partial charge in [0.05, 0.1) is 6.54 Å². The highest BCUT2D eigenvalue weighted by Crippen LogP contribution is 2.14. The molecule has 2 aliphatic rings. The predicted molar refractivity (Wildman–Crippen MR) is 59.8 cm³/mol. The summed E-state index contributed by atoms with van der Waals surface area (Å²) in [4.78, 5) is 7.05. The number of hydrogen-bond donors (Lipinski definition) is 1. The molecule has 0 spiro atoms. The molecule has 2 rings (SSSR count). The van der Waals surface area contributed by atoms with Gasteiger partial charge in [0, 0.05) is 19.6 Å². The van der Waals surface area contributed by atoms with Crippen molar-refractivity contribution in [3.8, 4) is 0 Å². The van der Waals surface area contributed by atoms with Crippen molar-refractivity contribution in [3.63, 3.8) is 0 Å². The fourth-order valence-electron chi connectivity index (χ4n) is 2.33. The first-order valence-corrected chi connectivity index (χ1v) is 5.84. The van der Waals surface area contributed by atoms with E-state index >= 15 is 0 Å². The van der Waals surface area contributed by atoms with E-state index in [1.807, 2.05) is 0 Å². The molecule has 3 heteroatoms. The number of aliphatic imine (C=N–C) groups is 1. The van der Waals surface area contributed by atoms with Crippen LogP contribution in [0, 0.1) is 5.92 Å². The molecule has 80 valence electrons. The van der Waals surface area contributed by atoms with Gasteiger partial charge in [-0.05, 0) is 31.7 Å². The molecule has 0 radical (unpaired) electrons. The Kier molecular flexibility index (Phi) is 3.40. The van der Waals surface area contributed by atoms with E-state index in [2.05, 4.69) is 22.1 Å². The van der Waals surface area contributed by atoms with Crippen LogP contribution in [-0.2, 0) is 0 Å². The molecule has 1 atom stereocenters. The molecule has 1 fully saturated rings. The SMILES string of the molecule is CC1CCCN(CC2=NCCCN2)C1. The third-order valence-electron chi connectivity index (χ3n) is 3.08. The Balaban J connectivity index is 1.80. The second-order valence-corrected chi connectivity index (χ2v) is 4.59. The van der Waals surface area contributed by atoms with Crippen molar-refractivity contribution < 1.29 is 0 Å². The van der Waals surface area contributed by atoms with Crippen LogP contribution in [0.3, 0.4) is 0 Å². The molecule has 1 N–H and O–H groups in total. The Labute approximate surface area is 86.6 Å². The largest absolute Gasteiger partial charge is 0.373 e. The molecule has 2 aliphatic heterocycles. The summed E-state index contributed by atoms with van der Waals surface area (Å²) >= 11 is 0. The fraction of sp³-hybridized carbons (Fsp3) is 0.909. The summed E-state index contributed by atoms with van der Waals surface area (Å²) in [5, 5.41) is 3.39. The van der Waals surface area contributed by atoms with Gasteiger partial charge in [0.1, 0.15) is 5.84 Å². The first-order chi connectivity index (χ1) is 6.84. The minimum Gasteiger partial charge on any atom is -0.373 e. The Morgan fingerprint density at radius 2 is 2.43 bits per heavy atom. The van der Waals surface area contributed by atoms with Crippen LogP contribution in [0.1, 0.15) is 26.2 Å². The van der Waals surface area contributed by atoms with Gasteiger partial charge in [-0.25, -0.2) is 0 Å². The van der Waals surface area contributed by atoms with E-state index in [0.717, 1.165) is 25.6 Å². The monoisotopic (exact) mass is 195 g/mol. The fourth-order valence-corrected chi connectivity index (χ4v) is 2.33. The zero-order valence-electron chi connectivity index (χ0n) is 9.13. The van der Waals surface area contributed by atoms with Crippen LogP contribution in [0.2, 0.25) is 0 Å². The Bertz CT molecular complexity index is 213. The van der Waals surface area contributed by atoms with E-state index in [1.54, 1.807) is 0 Å². The lowest BCUT2D eigenvalue weighted by Gasteiger charge is -2.31. The lowest BCUT2D eigenvalue weighted by Crippen LogP contribution is -2.43. The third kappa shape index (κ3) is 2.71. The first-order valence-electron chi connectivity index (χ1n) is 5.84. The Morgan fingerprint density at radius 1 is 1.50 bits per heavy atom. The molecule has 14 heavy (non-hydrogen) atoms. The summed E-state index contributed by atoms with van der Waals surface area (Å²) in [6.45, 7) is 8.03. The van der Waals surface area contributed by atoms with Crippen LogP contribution in [0.4, 0.5) is 0 Å². The van der Waals surface area contributed by atoms with Crippen molar-refractivity contribution in [2.24, 2.45) is 10.9 Å². The number of amidine groups is 1. The average Bonchev–Trinajstić information content (AvgIpc) is 2.19. The molecule has 1 unspecified atom stereocenters. The smallest absolute Gasteiger partial charge is 0.111 e. The van der Waals surface area contributed by atoms with Gasteiger partial charge in [0.25, 0.3) is 0 Å². The zero-order valence-corrected chi connectivity index (χ0v) is 9.13. The maximum absolute atomic E-state index is 4.51. The first kappa shape index (κ1) is 9.97. The van der Waals surface area contributed by atoms with Gasteiger partial charge in [0.2, 0.25) is 0 Å². The number of hydrogen-bond acceptors (Lipinski definition) is 3. The Morgan fingerprint density at radius 3 is 3.14 bits per heavy atom. The van der Waals surface area contributed by atoms with E-state index < -0.39 is 0 Å². The van der Waals surface area contributed by atoms with Gasteiger partial charge < -0.3 is 5.32 Å². The summed E-state index contributed by atoms with van der Waals surface area (Å²) < 4.78 is 0. The van der Waals surface area contributed by atoms with Crippen LogP contribution in [-0.4, -0.2) is 43.5 Å². The number of likely N-dealkylation sites (tertiary alicyclic amines) is 1. The molecule has 2 heterocycles. The predicted octanol–water partition coefficient (Wildman–Crippen LogP) is 1.11. The van der Waals surface area contributed by atoms with Crippen molar-refractivity contribution in [1.29, 1.82) is 0 Å². The van der Waals surface area contributed by atoms with E-state index in [1.165, 1.54) is 38.2 Å². The van der Waals surface area contributed by atoms with Gasteiger partial charge in [0.15, 0.2) is 0 Å². The van der Waals surface area contributed by atoms with Crippen molar-refractivity contribution in [1.82, 2.24) is 10.2 Å². The topological polar surface area (TPSA) is 27.6 Å². The van der Waals surface area contributed by atoms with Crippen LogP contribution >= 0.6 is 0 Å². The summed E-state index contributed by atoms with van der Waals surface area (Å²) in [6.07, 6.45) is 3.95. The molecule has 0 saturated carbocycles. The second-order valence-electron chi connectivity index (χ2n) is 4.59. The number of rotatable bonds is 2. The van der Waals surface area contributed by atoms with E-state index in [-0.39, 0.29) is 0 Å². The highest BCUT2D eigenvalue weighted by Gasteiger charge is 2.17. The van der Waals surface area contributed by atoms with E-state index in [4.69, 9.17) is 0 Å².